The minimum atomic E-state index is -3.88. The number of benzene rings is 2. The van der Waals surface area contributed by atoms with E-state index >= 15 is 0 Å². The molecule has 0 atom stereocenters. The van der Waals surface area contributed by atoms with Gasteiger partial charge in [0.15, 0.2) is 0 Å². The summed E-state index contributed by atoms with van der Waals surface area (Å²) in [4.78, 5) is 12.2. The predicted molar refractivity (Wildman–Crippen MR) is 88.6 cm³/mol. The van der Waals surface area contributed by atoms with E-state index in [2.05, 4.69) is 5.10 Å². The Bertz CT molecular complexity index is 923. The highest BCUT2D eigenvalue weighted by atomic mass is 32.2. The number of phenols is 1. The maximum atomic E-state index is 12.2. The van der Waals surface area contributed by atoms with Crippen LogP contribution in [0.3, 0.4) is 0 Å². The number of sulfonamides is 1. The maximum absolute atomic E-state index is 12.2. The topological polar surface area (TPSA) is 122 Å². The van der Waals surface area contributed by atoms with Crippen LogP contribution in [-0.2, 0) is 10.0 Å². The van der Waals surface area contributed by atoms with Crippen LogP contribution in [0.5, 0.6) is 5.75 Å². The molecular weight excluding hydrogens is 334 g/mol. The van der Waals surface area contributed by atoms with E-state index in [9.17, 15) is 23.6 Å². The van der Waals surface area contributed by atoms with Crippen molar-refractivity contribution in [2.75, 3.05) is 0 Å². The summed E-state index contributed by atoms with van der Waals surface area (Å²) in [6, 6.07) is 8.21. The Hall–Kier alpha value is -2.94. The Morgan fingerprint density at radius 1 is 1.21 bits per heavy atom. The lowest BCUT2D eigenvalue weighted by Gasteiger charge is -2.07. The van der Waals surface area contributed by atoms with Crippen molar-refractivity contribution in [2.24, 2.45) is 5.10 Å². The van der Waals surface area contributed by atoms with E-state index in [0.717, 1.165) is 30.0 Å². The van der Waals surface area contributed by atoms with Gasteiger partial charge in [-0.2, -0.15) is 13.5 Å². The summed E-state index contributed by atoms with van der Waals surface area (Å²) >= 11 is 0. The van der Waals surface area contributed by atoms with Crippen LogP contribution < -0.4 is 4.83 Å². The lowest BCUT2D eigenvalue weighted by Crippen LogP contribution is -2.19. The van der Waals surface area contributed by atoms with Crippen molar-refractivity contribution in [1.29, 1.82) is 0 Å². The van der Waals surface area contributed by atoms with Gasteiger partial charge >= 0.3 is 0 Å². The number of aryl methyl sites for hydroxylation is 2. The van der Waals surface area contributed by atoms with Crippen LogP contribution in [0.4, 0.5) is 5.69 Å². The zero-order valence-electron chi connectivity index (χ0n) is 12.9. The number of non-ortho nitro benzene ring substituents is 1. The van der Waals surface area contributed by atoms with E-state index in [-0.39, 0.29) is 21.9 Å². The zero-order chi connectivity index (χ0) is 17.9. The van der Waals surface area contributed by atoms with Crippen molar-refractivity contribution in [1.82, 2.24) is 4.83 Å². The lowest BCUT2D eigenvalue weighted by atomic mass is 10.2. The van der Waals surface area contributed by atoms with Gasteiger partial charge in [-0.05, 0) is 31.5 Å². The van der Waals surface area contributed by atoms with Crippen molar-refractivity contribution >= 4 is 21.9 Å². The molecule has 0 spiro atoms. The SMILES string of the molecule is Cc1ccc(S(=O)(=O)N/N=C/c2cc([N+](=O)[O-])ccc2O)c(C)c1. The first-order valence-electron chi connectivity index (χ1n) is 6.80. The fourth-order valence-corrected chi connectivity index (χ4v) is 3.09. The van der Waals surface area contributed by atoms with Gasteiger partial charge in [-0.1, -0.05) is 17.7 Å². The van der Waals surface area contributed by atoms with Gasteiger partial charge in [-0.25, -0.2) is 4.83 Å². The van der Waals surface area contributed by atoms with Crippen LogP contribution >= 0.6 is 0 Å². The molecule has 24 heavy (non-hydrogen) atoms. The molecule has 0 aromatic heterocycles. The van der Waals surface area contributed by atoms with Crippen molar-refractivity contribution in [2.45, 2.75) is 18.7 Å². The Kier molecular flexibility index (Phi) is 4.84. The summed E-state index contributed by atoms with van der Waals surface area (Å²) in [5.41, 5.74) is 1.27. The van der Waals surface area contributed by atoms with Crippen LogP contribution in [0.2, 0.25) is 0 Å². The third-order valence-electron chi connectivity index (χ3n) is 3.22. The zero-order valence-corrected chi connectivity index (χ0v) is 13.7. The molecule has 0 unspecified atom stereocenters. The van der Waals surface area contributed by atoms with Gasteiger partial charge in [0.1, 0.15) is 5.75 Å². The van der Waals surface area contributed by atoms with E-state index in [0.29, 0.717) is 5.56 Å². The average Bonchev–Trinajstić information content (AvgIpc) is 2.48. The van der Waals surface area contributed by atoms with Gasteiger partial charge in [0.2, 0.25) is 0 Å². The molecule has 0 radical (unpaired) electrons. The molecule has 2 aromatic carbocycles. The van der Waals surface area contributed by atoms with Crippen LogP contribution in [0.15, 0.2) is 46.4 Å². The molecule has 9 heteroatoms. The van der Waals surface area contributed by atoms with Gasteiger partial charge < -0.3 is 5.11 Å². The van der Waals surface area contributed by atoms with E-state index in [1.165, 1.54) is 6.07 Å². The normalized spacial score (nSPS) is 11.6. The highest BCUT2D eigenvalue weighted by Gasteiger charge is 2.16. The molecule has 0 saturated heterocycles. The third kappa shape index (κ3) is 3.87. The van der Waals surface area contributed by atoms with Crippen molar-refractivity contribution in [3.63, 3.8) is 0 Å². The molecule has 0 heterocycles. The molecule has 0 saturated carbocycles. The number of hydrogen-bond donors (Lipinski definition) is 2. The largest absolute Gasteiger partial charge is 0.507 e. The van der Waals surface area contributed by atoms with Gasteiger partial charge in [-0.3, -0.25) is 10.1 Å². The monoisotopic (exact) mass is 349 g/mol. The van der Waals surface area contributed by atoms with Gasteiger partial charge in [0, 0.05) is 17.7 Å². The van der Waals surface area contributed by atoms with Crippen LogP contribution in [0.1, 0.15) is 16.7 Å². The maximum Gasteiger partial charge on any atom is 0.276 e. The second kappa shape index (κ2) is 6.67. The Labute approximate surface area is 138 Å². The van der Waals surface area contributed by atoms with E-state index in [1.807, 2.05) is 11.8 Å². The standard InChI is InChI=1S/C15H15N3O5S/c1-10-3-6-15(11(2)7-10)24(22,23)17-16-9-12-8-13(18(20)21)4-5-14(12)19/h3-9,17,19H,1-2H3/b16-9+. The van der Waals surface area contributed by atoms with Gasteiger partial charge in [0.05, 0.1) is 16.0 Å². The van der Waals surface area contributed by atoms with E-state index in [4.69, 9.17) is 0 Å². The first kappa shape index (κ1) is 17.4. The summed E-state index contributed by atoms with van der Waals surface area (Å²) in [5.74, 6) is -0.255. The number of rotatable bonds is 5. The first-order chi connectivity index (χ1) is 11.2. The average molecular weight is 349 g/mol. The molecule has 2 rings (SSSR count). The lowest BCUT2D eigenvalue weighted by molar-refractivity contribution is -0.384. The van der Waals surface area contributed by atoms with Crippen molar-refractivity contribution in [3.05, 3.63) is 63.2 Å². The molecular formula is C15H15N3O5S. The molecule has 2 N–H and O–H groups in total. The fourth-order valence-electron chi connectivity index (χ4n) is 2.07. The summed E-state index contributed by atoms with van der Waals surface area (Å²) in [6.45, 7) is 3.51. The second-order valence-electron chi connectivity index (χ2n) is 5.12. The molecule has 0 bridgehead atoms. The number of nitrogens with zero attached hydrogens (tertiary/aromatic N) is 2. The molecule has 126 valence electrons. The second-order valence-corrected chi connectivity index (χ2v) is 6.75. The minimum Gasteiger partial charge on any atom is -0.507 e. The van der Waals surface area contributed by atoms with Crippen LogP contribution in [0.25, 0.3) is 0 Å². The summed E-state index contributed by atoms with van der Waals surface area (Å²) in [6.07, 6.45) is 1.00. The highest BCUT2D eigenvalue weighted by Crippen LogP contribution is 2.21. The molecule has 0 aliphatic rings. The first-order valence-corrected chi connectivity index (χ1v) is 8.28. The van der Waals surface area contributed by atoms with Crippen LogP contribution in [-0.4, -0.2) is 24.7 Å². The van der Waals surface area contributed by atoms with Crippen molar-refractivity contribution < 1.29 is 18.4 Å². The molecule has 0 aliphatic heterocycles. The Balaban J connectivity index is 2.25. The fraction of sp³-hybridized carbons (Fsp3) is 0.133. The highest BCUT2D eigenvalue weighted by molar-refractivity contribution is 7.89. The predicted octanol–water partition coefficient (Wildman–Crippen LogP) is 2.23. The molecule has 2 aromatic rings. The minimum absolute atomic E-state index is 0.0209. The van der Waals surface area contributed by atoms with Crippen LogP contribution in [0, 0.1) is 24.0 Å². The Morgan fingerprint density at radius 3 is 2.54 bits per heavy atom. The summed E-state index contributed by atoms with van der Waals surface area (Å²) in [5, 5.41) is 23.9. The number of nitro groups is 1. The quantitative estimate of drug-likeness (QED) is 0.487. The molecule has 0 fully saturated rings. The number of nitro benzene ring substituents is 1. The molecule has 0 amide bonds. The number of phenolic OH excluding ortho intramolecular Hbond substituents is 1. The summed E-state index contributed by atoms with van der Waals surface area (Å²) in [7, 11) is -3.88. The van der Waals surface area contributed by atoms with Gasteiger partial charge in [-0.15, -0.1) is 0 Å². The van der Waals surface area contributed by atoms with E-state index in [1.54, 1.807) is 19.1 Å². The smallest absolute Gasteiger partial charge is 0.276 e. The molecule has 8 nitrogen and oxygen atoms in total. The number of hydrazone groups is 1. The van der Waals surface area contributed by atoms with Crippen molar-refractivity contribution in [3.8, 4) is 5.75 Å². The third-order valence-corrected chi connectivity index (χ3v) is 4.60. The number of nitrogens with one attached hydrogen (secondary N) is 1. The van der Waals surface area contributed by atoms with Gasteiger partial charge in [0.25, 0.3) is 15.7 Å². The summed E-state index contributed by atoms with van der Waals surface area (Å²) < 4.78 is 24.4. The van der Waals surface area contributed by atoms with E-state index < -0.39 is 14.9 Å². The number of aromatic hydroxyl groups is 1. The number of hydrogen-bond acceptors (Lipinski definition) is 6. The Morgan fingerprint density at radius 2 is 1.92 bits per heavy atom. The molecule has 0 aliphatic carbocycles.